The quantitative estimate of drug-likeness (QED) is 0.175. The van der Waals surface area contributed by atoms with Gasteiger partial charge in [0.2, 0.25) is 0 Å². The zero-order valence-electron chi connectivity index (χ0n) is 30.3. The van der Waals surface area contributed by atoms with Gasteiger partial charge in [-0.25, -0.2) is 0 Å². The summed E-state index contributed by atoms with van der Waals surface area (Å²) < 4.78 is 0. The van der Waals surface area contributed by atoms with Crippen molar-refractivity contribution in [2.24, 2.45) is 0 Å². The zero-order valence-corrected chi connectivity index (χ0v) is 30.3. The van der Waals surface area contributed by atoms with Gasteiger partial charge in [0.25, 0.3) is 0 Å². The van der Waals surface area contributed by atoms with Crippen LogP contribution in [0.25, 0.3) is 55.6 Å². The van der Waals surface area contributed by atoms with Crippen molar-refractivity contribution in [3.05, 3.63) is 203 Å². The van der Waals surface area contributed by atoms with Crippen LogP contribution >= 0.6 is 0 Å². The summed E-state index contributed by atoms with van der Waals surface area (Å²) in [6, 6.07) is 40.4. The van der Waals surface area contributed by atoms with E-state index < -0.39 is 5.41 Å². The summed E-state index contributed by atoms with van der Waals surface area (Å²) in [5.74, 6) is 0. The van der Waals surface area contributed by atoms with E-state index in [9.17, 15) is 0 Å². The minimum atomic E-state index is -0.679. The summed E-state index contributed by atoms with van der Waals surface area (Å²) in [5.41, 5.74) is 20.3. The molecule has 53 heavy (non-hydrogen) atoms. The number of aryl methyl sites for hydroxylation is 4. The SMILES string of the molecule is Cc1ccncc1-c1cc(-c2cnccc2C)cc(C2(c3cc(-c4cnccc4C)cc(-c4cnccc4C)c3)c3ccccc3-c3ccccc32)c1. The van der Waals surface area contributed by atoms with Gasteiger partial charge >= 0.3 is 0 Å². The second kappa shape index (κ2) is 12.9. The van der Waals surface area contributed by atoms with Crippen LogP contribution in [0.3, 0.4) is 0 Å². The second-order valence-electron chi connectivity index (χ2n) is 14.2. The molecule has 4 aromatic heterocycles. The van der Waals surface area contributed by atoms with Gasteiger partial charge in [-0.3, -0.25) is 19.9 Å². The summed E-state index contributed by atoms with van der Waals surface area (Å²) in [7, 11) is 0. The van der Waals surface area contributed by atoms with Crippen molar-refractivity contribution in [3.8, 4) is 55.6 Å². The molecule has 8 aromatic rings. The molecular weight excluding hydrogens is 645 g/mol. The molecule has 9 rings (SSSR count). The highest BCUT2D eigenvalue weighted by atomic mass is 14.6. The highest BCUT2D eigenvalue weighted by Gasteiger charge is 2.46. The molecule has 0 N–H and O–H groups in total. The van der Waals surface area contributed by atoms with Gasteiger partial charge < -0.3 is 0 Å². The molecule has 0 radical (unpaired) electrons. The summed E-state index contributed by atoms with van der Waals surface area (Å²) in [6.45, 7) is 8.65. The molecule has 0 spiro atoms. The third-order valence-electron chi connectivity index (χ3n) is 11.1. The minimum absolute atomic E-state index is 0.679. The van der Waals surface area contributed by atoms with E-state index in [-0.39, 0.29) is 0 Å². The van der Waals surface area contributed by atoms with Gasteiger partial charge in [-0.15, -0.1) is 0 Å². The fourth-order valence-electron chi connectivity index (χ4n) is 8.40. The van der Waals surface area contributed by atoms with Crippen molar-refractivity contribution in [2.45, 2.75) is 33.1 Å². The molecular formula is C49H38N4. The minimum Gasteiger partial charge on any atom is -0.264 e. The Morgan fingerprint density at radius 1 is 0.340 bits per heavy atom. The van der Waals surface area contributed by atoms with Crippen molar-refractivity contribution >= 4 is 0 Å². The number of aromatic nitrogens is 4. The van der Waals surface area contributed by atoms with Crippen molar-refractivity contribution in [3.63, 3.8) is 0 Å². The van der Waals surface area contributed by atoms with Crippen LogP contribution in [-0.4, -0.2) is 19.9 Å². The largest absolute Gasteiger partial charge is 0.264 e. The fraction of sp³-hybridized carbons (Fsp3) is 0.102. The monoisotopic (exact) mass is 682 g/mol. The zero-order chi connectivity index (χ0) is 36.1. The first-order chi connectivity index (χ1) is 25.9. The van der Waals surface area contributed by atoms with E-state index >= 15 is 0 Å². The van der Waals surface area contributed by atoms with Crippen molar-refractivity contribution in [2.75, 3.05) is 0 Å². The van der Waals surface area contributed by atoms with Crippen LogP contribution < -0.4 is 0 Å². The van der Waals surface area contributed by atoms with Gasteiger partial charge in [-0.1, -0.05) is 48.5 Å². The molecule has 4 heteroatoms. The molecule has 4 nitrogen and oxygen atoms in total. The Balaban J connectivity index is 1.46. The summed E-state index contributed by atoms with van der Waals surface area (Å²) in [4.78, 5) is 18.4. The smallest absolute Gasteiger partial charge is 0.0714 e. The first kappa shape index (κ1) is 32.4. The third-order valence-corrected chi connectivity index (χ3v) is 11.1. The van der Waals surface area contributed by atoms with Gasteiger partial charge in [0, 0.05) is 71.8 Å². The van der Waals surface area contributed by atoms with Gasteiger partial charge in [-0.05, 0) is 166 Å². The van der Waals surface area contributed by atoms with E-state index in [1.54, 1.807) is 0 Å². The fourth-order valence-corrected chi connectivity index (χ4v) is 8.40. The van der Waals surface area contributed by atoms with Gasteiger partial charge in [0.05, 0.1) is 5.41 Å². The highest BCUT2D eigenvalue weighted by molar-refractivity contribution is 5.90. The van der Waals surface area contributed by atoms with E-state index in [2.05, 4.69) is 157 Å². The van der Waals surface area contributed by atoms with E-state index in [0.29, 0.717) is 0 Å². The van der Waals surface area contributed by atoms with Crippen molar-refractivity contribution < 1.29 is 0 Å². The number of hydrogen-bond donors (Lipinski definition) is 0. The maximum atomic E-state index is 4.60. The Labute approximate surface area is 311 Å². The average Bonchev–Trinajstić information content (AvgIpc) is 3.49. The van der Waals surface area contributed by atoms with E-state index in [0.717, 1.165) is 44.5 Å². The lowest BCUT2D eigenvalue weighted by molar-refractivity contribution is 0.769. The number of nitrogens with zero attached hydrogens (tertiary/aromatic N) is 4. The molecule has 1 aliphatic rings. The van der Waals surface area contributed by atoms with Crippen LogP contribution in [0.2, 0.25) is 0 Å². The summed E-state index contributed by atoms with van der Waals surface area (Å²) in [5, 5.41) is 0. The van der Waals surface area contributed by atoms with Crippen molar-refractivity contribution in [1.82, 2.24) is 19.9 Å². The van der Waals surface area contributed by atoms with Gasteiger partial charge in [0.15, 0.2) is 0 Å². The summed E-state index contributed by atoms with van der Waals surface area (Å²) in [6.07, 6.45) is 15.4. The van der Waals surface area contributed by atoms with E-state index in [1.165, 1.54) is 55.6 Å². The maximum Gasteiger partial charge on any atom is 0.0714 e. The Morgan fingerprint density at radius 3 is 0.943 bits per heavy atom. The van der Waals surface area contributed by atoms with Crippen LogP contribution in [0.15, 0.2) is 159 Å². The molecule has 0 bridgehead atoms. The predicted molar refractivity (Wildman–Crippen MR) is 216 cm³/mol. The van der Waals surface area contributed by atoms with Crippen LogP contribution in [-0.2, 0) is 5.41 Å². The molecule has 0 aliphatic heterocycles. The molecule has 0 saturated heterocycles. The molecule has 254 valence electrons. The highest BCUT2D eigenvalue weighted by Crippen LogP contribution is 2.57. The molecule has 0 amide bonds. The number of hydrogen-bond acceptors (Lipinski definition) is 4. The number of pyridine rings is 4. The molecule has 4 heterocycles. The number of fused-ring (bicyclic) bond motifs is 3. The van der Waals surface area contributed by atoms with Gasteiger partial charge in [-0.2, -0.15) is 0 Å². The lowest BCUT2D eigenvalue weighted by atomic mass is 9.66. The lowest BCUT2D eigenvalue weighted by Gasteiger charge is -2.35. The summed E-state index contributed by atoms with van der Waals surface area (Å²) >= 11 is 0. The van der Waals surface area contributed by atoms with Gasteiger partial charge in [0.1, 0.15) is 0 Å². The standard InChI is InChI=1S/C49H38N4/c1-31-13-17-50-27-43(31)35-21-36(44-28-51-18-14-32(44)2)24-39(23-35)49(47-11-7-5-9-41(47)42-10-6-8-12-48(42)49)40-25-37(45-29-52-19-15-33(45)3)22-38(26-40)46-30-53-20-16-34(46)4/h5-30H,1-4H3. The Kier molecular flexibility index (Phi) is 7.89. The van der Waals surface area contributed by atoms with E-state index in [1.807, 2.05) is 49.6 Å². The molecule has 0 saturated carbocycles. The Hall–Kier alpha value is -6.52. The van der Waals surface area contributed by atoms with Crippen LogP contribution in [0.4, 0.5) is 0 Å². The molecule has 0 fully saturated rings. The number of benzene rings is 4. The van der Waals surface area contributed by atoms with Crippen molar-refractivity contribution in [1.29, 1.82) is 0 Å². The molecule has 0 unspecified atom stereocenters. The lowest BCUT2D eigenvalue weighted by Crippen LogP contribution is -2.29. The molecule has 0 atom stereocenters. The van der Waals surface area contributed by atoms with Crippen LogP contribution in [0.5, 0.6) is 0 Å². The topological polar surface area (TPSA) is 51.6 Å². The second-order valence-corrected chi connectivity index (χ2v) is 14.2. The van der Waals surface area contributed by atoms with E-state index in [4.69, 9.17) is 0 Å². The first-order valence-corrected chi connectivity index (χ1v) is 18.1. The van der Waals surface area contributed by atoms with Crippen LogP contribution in [0, 0.1) is 27.7 Å². The Bertz CT molecular complexity index is 2380. The maximum absolute atomic E-state index is 4.60. The normalized spacial score (nSPS) is 12.7. The average molecular weight is 683 g/mol. The molecule has 1 aliphatic carbocycles. The molecule has 4 aromatic carbocycles. The first-order valence-electron chi connectivity index (χ1n) is 18.1. The predicted octanol–water partition coefficient (Wildman–Crippen LogP) is 11.5. The van der Waals surface area contributed by atoms with Crippen LogP contribution in [0.1, 0.15) is 44.5 Å². The number of rotatable bonds is 6. The third kappa shape index (κ3) is 5.29. The Morgan fingerprint density at radius 2 is 0.642 bits per heavy atom.